The lowest BCUT2D eigenvalue weighted by molar-refractivity contribution is 0.297. The minimum atomic E-state index is 0.713. The molecule has 1 aliphatic rings. The largest absolute Gasteiger partial charge is 0.492 e. The Morgan fingerprint density at radius 3 is 2.65 bits per heavy atom. The Balaban J connectivity index is 1.51. The number of halogens is 1. The topological polar surface area (TPSA) is 12.5 Å². The van der Waals surface area contributed by atoms with Gasteiger partial charge >= 0.3 is 0 Å². The third kappa shape index (κ3) is 5.34. The van der Waals surface area contributed by atoms with E-state index in [0.717, 1.165) is 18.8 Å². The van der Waals surface area contributed by atoms with E-state index in [-0.39, 0.29) is 0 Å². The highest BCUT2D eigenvalue weighted by molar-refractivity contribution is 6.32. The quantitative estimate of drug-likeness (QED) is 0.646. The zero-order valence-corrected chi connectivity index (χ0v) is 13.3. The van der Waals surface area contributed by atoms with Gasteiger partial charge in [-0.25, -0.2) is 0 Å². The molecular formula is C17H26ClNO. The third-order valence-electron chi connectivity index (χ3n) is 3.91. The van der Waals surface area contributed by atoms with E-state index in [0.29, 0.717) is 5.02 Å². The molecule has 1 fully saturated rings. The molecule has 0 bridgehead atoms. The second-order valence-electron chi connectivity index (χ2n) is 5.75. The summed E-state index contributed by atoms with van der Waals surface area (Å²) in [5.74, 6) is 0.823. The molecule has 1 heterocycles. The van der Waals surface area contributed by atoms with Crippen molar-refractivity contribution in [1.29, 1.82) is 0 Å². The number of likely N-dealkylation sites (tertiary alicyclic amines) is 1. The maximum atomic E-state index is 6.10. The van der Waals surface area contributed by atoms with Gasteiger partial charge < -0.3 is 9.64 Å². The van der Waals surface area contributed by atoms with Crippen molar-refractivity contribution in [2.75, 3.05) is 26.2 Å². The molecule has 1 aromatic rings. The fraction of sp³-hybridized carbons (Fsp3) is 0.647. The van der Waals surface area contributed by atoms with Gasteiger partial charge in [-0.15, -0.1) is 0 Å². The highest BCUT2D eigenvalue weighted by Crippen LogP contribution is 2.25. The number of hydrogen-bond acceptors (Lipinski definition) is 2. The molecule has 20 heavy (non-hydrogen) atoms. The van der Waals surface area contributed by atoms with Crippen LogP contribution in [0.2, 0.25) is 5.02 Å². The van der Waals surface area contributed by atoms with Crippen LogP contribution in [0.4, 0.5) is 0 Å². The molecule has 1 aliphatic heterocycles. The first-order valence-electron chi connectivity index (χ1n) is 7.87. The van der Waals surface area contributed by atoms with E-state index in [1.807, 2.05) is 18.2 Å². The minimum absolute atomic E-state index is 0.713. The summed E-state index contributed by atoms with van der Waals surface area (Å²) in [7, 11) is 0. The molecule has 2 nitrogen and oxygen atoms in total. The van der Waals surface area contributed by atoms with E-state index in [9.17, 15) is 0 Å². The third-order valence-corrected chi connectivity index (χ3v) is 4.22. The number of rotatable bonds is 8. The summed E-state index contributed by atoms with van der Waals surface area (Å²) in [5, 5.41) is 0.713. The lowest BCUT2D eigenvalue weighted by Gasteiger charge is -2.13. The van der Waals surface area contributed by atoms with Crippen LogP contribution in [0.1, 0.15) is 44.1 Å². The van der Waals surface area contributed by atoms with Gasteiger partial charge in [0.1, 0.15) is 5.75 Å². The van der Waals surface area contributed by atoms with Crippen LogP contribution < -0.4 is 4.74 Å². The normalized spacial score (nSPS) is 15.7. The molecule has 0 atom stereocenters. The summed E-state index contributed by atoms with van der Waals surface area (Å²) in [5.41, 5.74) is 1.19. The number of aryl methyl sites for hydroxylation is 1. The fourth-order valence-corrected chi connectivity index (χ4v) is 2.87. The van der Waals surface area contributed by atoms with Gasteiger partial charge in [0.25, 0.3) is 0 Å². The zero-order chi connectivity index (χ0) is 14.2. The van der Waals surface area contributed by atoms with Crippen LogP contribution >= 0.6 is 11.6 Å². The summed E-state index contributed by atoms with van der Waals surface area (Å²) in [6.45, 7) is 6.74. The Morgan fingerprint density at radius 2 is 1.85 bits per heavy atom. The molecule has 0 unspecified atom stereocenters. The Kier molecular flexibility index (Phi) is 6.68. The summed E-state index contributed by atoms with van der Waals surface area (Å²) in [6, 6.07) is 5.92. The van der Waals surface area contributed by atoms with Crippen molar-refractivity contribution in [3.8, 4) is 5.75 Å². The lowest BCUT2D eigenvalue weighted by atomic mass is 10.2. The van der Waals surface area contributed by atoms with Crippen LogP contribution in [0.15, 0.2) is 18.2 Å². The van der Waals surface area contributed by atoms with Gasteiger partial charge in [0.2, 0.25) is 0 Å². The predicted molar refractivity (Wildman–Crippen MR) is 85.8 cm³/mol. The number of ether oxygens (including phenoxy) is 1. The summed E-state index contributed by atoms with van der Waals surface area (Å²) < 4.78 is 5.76. The van der Waals surface area contributed by atoms with E-state index in [4.69, 9.17) is 16.3 Å². The molecule has 112 valence electrons. The van der Waals surface area contributed by atoms with Gasteiger partial charge in [-0.3, -0.25) is 0 Å². The first-order valence-corrected chi connectivity index (χ1v) is 8.25. The molecular weight excluding hydrogens is 270 g/mol. The number of hydrogen-bond donors (Lipinski definition) is 0. The van der Waals surface area contributed by atoms with Gasteiger partial charge in [-0.1, -0.05) is 30.5 Å². The van der Waals surface area contributed by atoms with E-state index in [2.05, 4.69) is 11.8 Å². The molecule has 0 aromatic heterocycles. The highest BCUT2D eigenvalue weighted by Gasteiger charge is 2.09. The van der Waals surface area contributed by atoms with Gasteiger partial charge in [-0.2, -0.15) is 0 Å². The Morgan fingerprint density at radius 1 is 1.10 bits per heavy atom. The maximum absolute atomic E-state index is 6.10. The fourth-order valence-electron chi connectivity index (χ4n) is 2.70. The Bertz CT molecular complexity index is 402. The maximum Gasteiger partial charge on any atom is 0.138 e. The lowest BCUT2D eigenvalue weighted by Crippen LogP contribution is -2.20. The van der Waals surface area contributed by atoms with Crippen LogP contribution in [-0.2, 0) is 0 Å². The molecule has 0 amide bonds. The average molecular weight is 296 g/mol. The van der Waals surface area contributed by atoms with Crippen molar-refractivity contribution in [2.45, 2.75) is 45.4 Å². The first-order chi connectivity index (χ1) is 9.75. The van der Waals surface area contributed by atoms with Crippen molar-refractivity contribution in [1.82, 2.24) is 4.90 Å². The van der Waals surface area contributed by atoms with Gasteiger partial charge in [0.05, 0.1) is 11.6 Å². The highest BCUT2D eigenvalue weighted by atomic mass is 35.5. The van der Waals surface area contributed by atoms with Crippen molar-refractivity contribution >= 4 is 11.6 Å². The monoisotopic (exact) mass is 295 g/mol. The Hall–Kier alpha value is -0.730. The van der Waals surface area contributed by atoms with Crippen LogP contribution in [0.3, 0.4) is 0 Å². The van der Waals surface area contributed by atoms with E-state index >= 15 is 0 Å². The molecule has 0 radical (unpaired) electrons. The second-order valence-corrected chi connectivity index (χ2v) is 6.15. The van der Waals surface area contributed by atoms with Crippen molar-refractivity contribution < 1.29 is 4.74 Å². The smallest absolute Gasteiger partial charge is 0.138 e. The second kappa shape index (κ2) is 8.53. The average Bonchev–Trinajstić information content (AvgIpc) is 2.94. The molecule has 0 N–H and O–H groups in total. The van der Waals surface area contributed by atoms with Crippen molar-refractivity contribution in [3.63, 3.8) is 0 Å². The summed E-state index contributed by atoms with van der Waals surface area (Å²) in [6.07, 6.45) is 7.78. The van der Waals surface area contributed by atoms with Crippen LogP contribution in [0.5, 0.6) is 5.75 Å². The number of nitrogens with zero attached hydrogens (tertiary/aromatic N) is 1. The zero-order valence-electron chi connectivity index (χ0n) is 12.5. The molecule has 2 rings (SSSR count). The first kappa shape index (κ1) is 15.7. The summed E-state index contributed by atoms with van der Waals surface area (Å²) >= 11 is 6.10. The van der Waals surface area contributed by atoms with Crippen LogP contribution in [-0.4, -0.2) is 31.1 Å². The van der Waals surface area contributed by atoms with Crippen molar-refractivity contribution in [3.05, 3.63) is 28.8 Å². The van der Waals surface area contributed by atoms with E-state index in [1.165, 1.54) is 57.3 Å². The van der Waals surface area contributed by atoms with Crippen molar-refractivity contribution in [2.24, 2.45) is 0 Å². The van der Waals surface area contributed by atoms with E-state index < -0.39 is 0 Å². The van der Waals surface area contributed by atoms with Crippen LogP contribution in [0, 0.1) is 6.92 Å². The van der Waals surface area contributed by atoms with E-state index in [1.54, 1.807) is 0 Å². The predicted octanol–water partition coefficient (Wildman–Crippen LogP) is 4.68. The molecule has 1 aromatic carbocycles. The SMILES string of the molecule is Cc1ccc(Cl)c(OCCCCCCN2CCCC2)c1. The Labute approximate surface area is 128 Å². The number of benzene rings is 1. The number of unbranched alkanes of at least 4 members (excludes halogenated alkanes) is 3. The minimum Gasteiger partial charge on any atom is -0.492 e. The molecule has 3 heteroatoms. The molecule has 0 spiro atoms. The molecule has 1 saturated heterocycles. The molecule has 0 aliphatic carbocycles. The van der Waals surface area contributed by atoms with Crippen LogP contribution in [0.25, 0.3) is 0 Å². The van der Waals surface area contributed by atoms with Gasteiger partial charge in [0.15, 0.2) is 0 Å². The standard InChI is InChI=1S/C17H26ClNO/c1-15-8-9-16(18)17(14-15)20-13-7-3-2-4-10-19-11-5-6-12-19/h8-9,14H,2-7,10-13H2,1H3. The van der Waals surface area contributed by atoms with Gasteiger partial charge in [0, 0.05) is 0 Å². The van der Waals surface area contributed by atoms with Gasteiger partial charge in [-0.05, 0) is 69.9 Å². The summed E-state index contributed by atoms with van der Waals surface area (Å²) in [4.78, 5) is 2.59. The molecule has 0 saturated carbocycles.